The van der Waals surface area contributed by atoms with E-state index in [0.717, 1.165) is 4.90 Å². The molecule has 1 N–H and O–H groups in total. The quantitative estimate of drug-likeness (QED) is 0.608. The summed E-state index contributed by atoms with van der Waals surface area (Å²) in [6, 6.07) is 11.5. The summed E-state index contributed by atoms with van der Waals surface area (Å²) in [5.74, 6) is 1.67. The fourth-order valence-corrected chi connectivity index (χ4v) is 4.90. The lowest BCUT2D eigenvalue weighted by Gasteiger charge is -2.31. The maximum Gasteiger partial charge on any atom is 0.243 e. The first-order valence-electron chi connectivity index (χ1n) is 9.62. The number of piperazine rings is 1. The van der Waals surface area contributed by atoms with E-state index in [4.69, 9.17) is 14.2 Å². The van der Waals surface area contributed by atoms with Gasteiger partial charge in [-0.2, -0.15) is 4.31 Å². The van der Waals surface area contributed by atoms with E-state index in [2.05, 4.69) is 0 Å². The Kier molecular flexibility index (Phi) is 6.96. The van der Waals surface area contributed by atoms with Crippen LogP contribution in [0.15, 0.2) is 47.4 Å². The van der Waals surface area contributed by atoms with E-state index >= 15 is 0 Å². The molecule has 0 radical (unpaired) electrons. The van der Waals surface area contributed by atoms with Crippen molar-refractivity contribution >= 4 is 15.8 Å². The van der Waals surface area contributed by atoms with Gasteiger partial charge in [-0.1, -0.05) is 0 Å². The van der Waals surface area contributed by atoms with Gasteiger partial charge in [0.25, 0.3) is 0 Å². The number of carbonyl (C=O) groups is 1. The Hall–Kier alpha value is -2.62. The second kappa shape index (κ2) is 9.46. The van der Waals surface area contributed by atoms with Crippen molar-refractivity contribution in [1.29, 1.82) is 0 Å². The average molecular weight is 436 g/mol. The third-order valence-corrected chi connectivity index (χ3v) is 7.16. The van der Waals surface area contributed by atoms with Crippen molar-refractivity contribution in [2.75, 3.05) is 54.1 Å². The van der Waals surface area contributed by atoms with Gasteiger partial charge < -0.3 is 19.1 Å². The zero-order chi connectivity index (χ0) is 21.7. The Balaban J connectivity index is 1.60. The van der Waals surface area contributed by atoms with Crippen LogP contribution in [-0.4, -0.2) is 72.6 Å². The summed E-state index contributed by atoms with van der Waals surface area (Å²) in [5, 5.41) is 0. The third kappa shape index (κ3) is 4.75. The highest BCUT2D eigenvalue weighted by Gasteiger charge is 2.31. The molecular weight excluding hydrogens is 408 g/mol. The number of hydrogen-bond donors (Lipinski definition) is 1. The molecule has 0 atom stereocenters. The minimum absolute atomic E-state index is 0.0163. The normalized spacial score (nSPS) is 15.6. The molecular formula is C21H27N2O6S+. The molecule has 30 heavy (non-hydrogen) atoms. The number of carbonyl (C=O) groups excluding carboxylic acids is 1. The van der Waals surface area contributed by atoms with Gasteiger partial charge in [-0.15, -0.1) is 0 Å². The number of nitrogens with one attached hydrogen (secondary N) is 1. The summed E-state index contributed by atoms with van der Waals surface area (Å²) >= 11 is 0. The van der Waals surface area contributed by atoms with E-state index in [0.29, 0.717) is 55.5 Å². The molecule has 0 saturated carbocycles. The fraction of sp³-hybridized carbons (Fsp3) is 0.381. The van der Waals surface area contributed by atoms with E-state index in [1.807, 2.05) is 0 Å². The minimum Gasteiger partial charge on any atom is -0.497 e. The second-order valence-electron chi connectivity index (χ2n) is 7.00. The topological polar surface area (TPSA) is 86.6 Å². The number of rotatable bonds is 8. The Bertz CT molecular complexity index is 983. The molecule has 0 spiro atoms. The number of nitrogens with zero attached hydrogens (tertiary/aromatic N) is 1. The van der Waals surface area contributed by atoms with Gasteiger partial charge in [-0.25, -0.2) is 8.42 Å². The predicted octanol–water partition coefficient (Wildman–Crippen LogP) is 0.485. The van der Waals surface area contributed by atoms with Gasteiger partial charge in [0.2, 0.25) is 15.8 Å². The maximum atomic E-state index is 12.9. The summed E-state index contributed by atoms with van der Waals surface area (Å²) in [6.45, 7) is 2.15. The highest BCUT2D eigenvalue weighted by atomic mass is 32.2. The number of ketones is 1. The van der Waals surface area contributed by atoms with E-state index in [9.17, 15) is 13.2 Å². The summed E-state index contributed by atoms with van der Waals surface area (Å²) in [7, 11) is 1.05. The smallest absolute Gasteiger partial charge is 0.243 e. The van der Waals surface area contributed by atoms with Crippen LogP contribution in [0.5, 0.6) is 17.2 Å². The second-order valence-corrected chi connectivity index (χ2v) is 8.94. The molecule has 1 saturated heterocycles. The standard InChI is InChI=1S/C21H26N2O6S/c1-27-17-5-7-18(8-6-17)30(25,26)23-12-10-22(11-13-23)15-19(24)16-4-9-20(28-2)21(14-16)29-3/h4-9,14H,10-13,15H2,1-3H3/p+1. The Morgan fingerprint density at radius 3 is 2.13 bits per heavy atom. The molecule has 0 aliphatic carbocycles. The zero-order valence-electron chi connectivity index (χ0n) is 17.4. The molecule has 2 aromatic rings. The first kappa shape index (κ1) is 22.1. The molecule has 162 valence electrons. The lowest BCUT2D eigenvalue weighted by molar-refractivity contribution is -0.895. The van der Waals surface area contributed by atoms with Crippen LogP contribution in [0.4, 0.5) is 0 Å². The van der Waals surface area contributed by atoms with Gasteiger partial charge in [0.1, 0.15) is 12.3 Å². The summed E-state index contributed by atoms with van der Waals surface area (Å²) in [4.78, 5) is 14.0. The number of hydrogen-bond acceptors (Lipinski definition) is 6. The monoisotopic (exact) mass is 435 g/mol. The Morgan fingerprint density at radius 1 is 0.933 bits per heavy atom. The third-order valence-electron chi connectivity index (χ3n) is 5.24. The molecule has 9 heteroatoms. The van der Waals surface area contributed by atoms with Crippen molar-refractivity contribution in [3.05, 3.63) is 48.0 Å². The Labute approximate surface area is 177 Å². The van der Waals surface area contributed by atoms with Crippen LogP contribution in [0, 0.1) is 0 Å². The van der Waals surface area contributed by atoms with Gasteiger partial charge in [0.05, 0.1) is 52.4 Å². The van der Waals surface area contributed by atoms with Crippen molar-refractivity contribution in [3.8, 4) is 17.2 Å². The molecule has 2 aromatic carbocycles. The lowest BCUT2D eigenvalue weighted by Crippen LogP contribution is -3.15. The predicted molar refractivity (Wildman–Crippen MR) is 111 cm³/mol. The molecule has 0 amide bonds. The van der Waals surface area contributed by atoms with Crippen molar-refractivity contribution in [2.24, 2.45) is 0 Å². The van der Waals surface area contributed by atoms with Crippen LogP contribution < -0.4 is 19.1 Å². The number of quaternary nitrogens is 1. The van der Waals surface area contributed by atoms with Crippen LogP contribution in [0.1, 0.15) is 10.4 Å². The van der Waals surface area contributed by atoms with Crippen LogP contribution in [0.3, 0.4) is 0 Å². The number of methoxy groups -OCH3 is 3. The highest BCUT2D eigenvalue weighted by molar-refractivity contribution is 7.89. The van der Waals surface area contributed by atoms with Gasteiger partial charge in [0, 0.05) is 5.56 Å². The zero-order valence-corrected chi connectivity index (χ0v) is 18.2. The Morgan fingerprint density at radius 2 is 1.57 bits per heavy atom. The molecule has 3 rings (SSSR count). The number of ether oxygens (including phenoxy) is 3. The molecule has 8 nitrogen and oxygen atoms in total. The highest BCUT2D eigenvalue weighted by Crippen LogP contribution is 2.27. The van der Waals surface area contributed by atoms with Crippen LogP contribution in [0.2, 0.25) is 0 Å². The van der Waals surface area contributed by atoms with Gasteiger partial charge >= 0.3 is 0 Å². The molecule has 0 bridgehead atoms. The molecule has 1 heterocycles. The largest absolute Gasteiger partial charge is 0.497 e. The molecule has 0 aromatic heterocycles. The summed E-state index contributed by atoms with van der Waals surface area (Å²) in [6.07, 6.45) is 0. The van der Waals surface area contributed by atoms with Crippen molar-refractivity contribution in [1.82, 2.24) is 4.31 Å². The lowest BCUT2D eigenvalue weighted by atomic mass is 10.1. The first-order valence-corrected chi connectivity index (χ1v) is 11.1. The van der Waals surface area contributed by atoms with E-state index in [1.54, 1.807) is 49.6 Å². The van der Waals surface area contributed by atoms with Crippen LogP contribution >= 0.6 is 0 Å². The summed E-state index contributed by atoms with van der Waals surface area (Å²) in [5.41, 5.74) is 0.549. The van der Waals surface area contributed by atoms with E-state index in [-0.39, 0.29) is 10.7 Å². The van der Waals surface area contributed by atoms with E-state index in [1.165, 1.54) is 18.5 Å². The van der Waals surface area contributed by atoms with Crippen molar-refractivity contribution < 1.29 is 32.3 Å². The van der Waals surface area contributed by atoms with Gasteiger partial charge in [-0.05, 0) is 42.5 Å². The average Bonchev–Trinajstić information content (AvgIpc) is 2.78. The SMILES string of the molecule is COc1ccc(S(=O)(=O)N2CC[NH+](CC(=O)c3ccc(OC)c(OC)c3)CC2)cc1. The number of benzene rings is 2. The molecule has 1 aliphatic rings. The van der Waals surface area contributed by atoms with Gasteiger partial charge in [-0.3, -0.25) is 4.79 Å². The number of sulfonamides is 1. The van der Waals surface area contributed by atoms with Crippen LogP contribution in [0.25, 0.3) is 0 Å². The molecule has 1 fully saturated rings. The van der Waals surface area contributed by atoms with Crippen molar-refractivity contribution in [3.63, 3.8) is 0 Å². The maximum absolute atomic E-state index is 12.9. The number of Topliss-reactive ketones (excluding diaryl/α,β-unsaturated/α-hetero) is 1. The summed E-state index contributed by atoms with van der Waals surface area (Å²) < 4.78 is 42.7. The molecule has 1 aliphatic heterocycles. The molecule has 0 unspecified atom stereocenters. The minimum atomic E-state index is -3.56. The fourth-order valence-electron chi connectivity index (χ4n) is 3.46. The first-order chi connectivity index (χ1) is 14.4. The van der Waals surface area contributed by atoms with Gasteiger partial charge in [0.15, 0.2) is 11.5 Å². The van der Waals surface area contributed by atoms with E-state index < -0.39 is 10.0 Å². The van der Waals surface area contributed by atoms with Crippen LogP contribution in [-0.2, 0) is 10.0 Å². The van der Waals surface area contributed by atoms with Crippen molar-refractivity contribution in [2.45, 2.75) is 4.90 Å².